The van der Waals surface area contributed by atoms with Crippen molar-refractivity contribution in [3.63, 3.8) is 0 Å². The summed E-state index contributed by atoms with van der Waals surface area (Å²) in [5.74, 6) is 1.11. The van der Waals surface area contributed by atoms with Gasteiger partial charge in [0.25, 0.3) is 11.6 Å². The maximum absolute atomic E-state index is 10.6. The lowest BCUT2D eigenvalue weighted by Crippen LogP contribution is -1.97. The zero-order valence-corrected chi connectivity index (χ0v) is 12.3. The zero-order chi connectivity index (χ0) is 16.2. The van der Waals surface area contributed by atoms with Gasteiger partial charge in [0, 0.05) is 23.9 Å². The predicted molar refractivity (Wildman–Crippen MR) is 80.0 cm³/mol. The zero-order valence-electron chi connectivity index (χ0n) is 11.5. The smallest absolute Gasteiger partial charge is 0.269 e. The van der Waals surface area contributed by atoms with Gasteiger partial charge in [0.05, 0.1) is 4.92 Å². The van der Waals surface area contributed by atoms with Crippen molar-refractivity contribution in [3.8, 4) is 17.2 Å². The van der Waals surface area contributed by atoms with Gasteiger partial charge in [-0.25, -0.2) is 4.98 Å². The van der Waals surface area contributed by atoms with Gasteiger partial charge in [0.2, 0.25) is 5.82 Å². The van der Waals surface area contributed by atoms with Crippen LogP contribution in [-0.4, -0.2) is 20.0 Å². The standard InChI is InChI=1S/C14H9ClN4O4/c15-12-7-9(5-6-16-12)14-17-13(18-23-14)8-22-11-3-1-10(2-4-11)19(20)21/h1-7H,8H2. The maximum atomic E-state index is 10.6. The van der Waals surface area contributed by atoms with Crippen molar-refractivity contribution in [1.29, 1.82) is 0 Å². The number of hydrogen-bond donors (Lipinski definition) is 0. The molecule has 0 aliphatic carbocycles. The molecule has 3 rings (SSSR count). The van der Waals surface area contributed by atoms with E-state index < -0.39 is 4.92 Å². The molecule has 23 heavy (non-hydrogen) atoms. The lowest BCUT2D eigenvalue weighted by atomic mass is 10.3. The molecule has 0 unspecified atom stereocenters. The van der Waals surface area contributed by atoms with Gasteiger partial charge >= 0.3 is 0 Å². The molecule has 0 N–H and O–H groups in total. The summed E-state index contributed by atoms with van der Waals surface area (Å²) in [6.45, 7) is 0.0696. The summed E-state index contributed by atoms with van der Waals surface area (Å²) in [5, 5.41) is 14.7. The first-order chi connectivity index (χ1) is 11.1. The van der Waals surface area contributed by atoms with Crippen LogP contribution in [0, 0.1) is 10.1 Å². The Morgan fingerprint density at radius 2 is 2.04 bits per heavy atom. The van der Waals surface area contributed by atoms with E-state index in [0.717, 1.165) is 0 Å². The third-order valence-electron chi connectivity index (χ3n) is 2.86. The quantitative estimate of drug-likeness (QED) is 0.401. The van der Waals surface area contributed by atoms with E-state index in [4.69, 9.17) is 20.9 Å². The van der Waals surface area contributed by atoms with Gasteiger partial charge < -0.3 is 9.26 Å². The molecule has 0 aliphatic rings. The molecule has 0 radical (unpaired) electrons. The molecule has 8 nitrogen and oxygen atoms in total. The molecule has 0 fully saturated rings. The fraction of sp³-hybridized carbons (Fsp3) is 0.0714. The third kappa shape index (κ3) is 3.61. The van der Waals surface area contributed by atoms with Crippen LogP contribution in [0.1, 0.15) is 5.82 Å². The first-order valence-corrected chi connectivity index (χ1v) is 6.81. The van der Waals surface area contributed by atoms with Crippen molar-refractivity contribution in [2.75, 3.05) is 0 Å². The van der Waals surface area contributed by atoms with Crippen LogP contribution in [0.2, 0.25) is 5.15 Å². The highest BCUT2D eigenvalue weighted by atomic mass is 35.5. The van der Waals surface area contributed by atoms with Crippen molar-refractivity contribution >= 4 is 17.3 Å². The molecule has 0 saturated heterocycles. The van der Waals surface area contributed by atoms with Crippen molar-refractivity contribution in [2.24, 2.45) is 0 Å². The topological polar surface area (TPSA) is 104 Å². The molecule has 0 aliphatic heterocycles. The number of benzene rings is 1. The number of ether oxygens (including phenoxy) is 1. The van der Waals surface area contributed by atoms with E-state index >= 15 is 0 Å². The van der Waals surface area contributed by atoms with Crippen LogP contribution in [0.25, 0.3) is 11.5 Å². The SMILES string of the molecule is O=[N+]([O-])c1ccc(OCc2noc(-c3ccnc(Cl)c3)n2)cc1. The number of pyridine rings is 1. The van der Waals surface area contributed by atoms with Gasteiger partial charge in [-0.1, -0.05) is 16.8 Å². The Bertz CT molecular complexity index is 835. The first-order valence-electron chi connectivity index (χ1n) is 6.43. The highest BCUT2D eigenvalue weighted by molar-refractivity contribution is 6.29. The van der Waals surface area contributed by atoms with E-state index in [2.05, 4.69) is 15.1 Å². The molecule has 1 aromatic carbocycles. The Hall–Kier alpha value is -3.00. The third-order valence-corrected chi connectivity index (χ3v) is 3.06. The van der Waals surface area contributed by atoms with Crippen molar-refractivity contribution < 1.29 is 14.2 Å². The number of non-ortho nitro benzene ring substituents is 1. The Balaban J connectivity index is 1.66. The largest absolute Gasteiger partial charge is 0.485 e. The van der Waals surface area contributed by atoms with E-state index in [9.17, 15) is 10.1 Å². The molecule has 0 bridgehead atoms. The Kier molecular flexibility index (Phi) is 4.15. The second kappa shape index (κ2) is 6.41. The minimum atomic E-state index is -0.477. The number of nitro benzene ring substituents is 1. The highest BCUT2D eigenvalue weighted by Gasteiger charge is 2.10. The highest BCUT2D eigenvalue weighted by Crippen LogP contribution is 2.21. The van der Waals surface area contributed by atoms with E-state index in [1.807, 2.05) is 0 Å². The number of rotatable bonds is 5. The summed E-state index contributed by atoms with van der Waals surface area (Å²) < 4.78 is 10.6. The Morgan fingerprint density at radius 1 is 1.26 bits per heavy atom. The number of aromatic nitrogens is 3. The van der Waals surface area contributed by atoms with Crippen LogP contribution in [-0.2, 0) is 6.61 Å². The minimum absolute atomic E-state index is 0.00577. The molecule has 0 saturated carbocycles. The Labute approximate surface area is 134 Å². The first kappa shape index (κ1) is 14.9. The molecule has 2 aromatic heterocycles. The average molecular weight is 333 g/mol. The van der Waals surface area contributed by atoms with E-state index in [0.29, 0.717) is 28.2 Å². The van der Waals surface area contributed by atoms with Gasteiger partial charge in [-0.05, 0) is 24.3 Å². The summed E-state index contributed by atoms with van der Waals surface area (Å²) in [6.07, 6.45) is 1.54. The second-order valence-corrected chi connectivity index (χ2v) is 4.81. The van der Waals surface area contributed by atoms with E-state index in [-0.39, 0.29) is 12.3 Å². The molecule has 116 valence electrons. The summed E-state index contributed by atoms with van der Waals surface area (Å²) in [4.78, 5) is 18.1. The fourth-order valence-corrected chi connectivity index (χ4v) is 1.95. The summed E-state index contributed by atoms with van der Waals surface area (Å²) >= 11 is 5.80. The van der Waals surface area contributed by atoms with Crippen LogP contribution in [0.5, 0.6) is 5.75 Å². The van der Waals surface area contributed by atoms with Crippen LogP contribution >= 0.6 is 11.6 Å². The lowest BCUT2D eigenvalue weighted by Gasteiger charge is -2.02. The summed E-state index contributed by atoms with van der Waals surface area (Å²) in [6, 6.07) is 9.02. The lowest BCUT2D eigenvalue weighted by molar-refractivity contribution is -0.384. The van der Waals surface area contributed by atoms with Crippen LogP contribution < -0.4 is 4.74 Å². The second-order valence-electron chi connectivity index (χ2n) is 4.42. The van der Waals surface area contributed by atoms with Gasteiger partial charge in [-0.2, -0.15) is 4.98 Å². The molecule has 0 amide bonds. The van der Waals surface area contributed by atoms with Crippen LogP contribution in [0.4, 0.5) is 5.69 Å². The molecule has 3 aromatic rings. The molecule has 2 heterocycles. The molecular formula is C14H9ClN4O4. The van der Waals surface area contributed by atoms with Gasteiger partial charge in [-0.15, -0.1) is 0 Å². The summed E-state index contributed by atoms with van der Waals surface area (Å²) in [5.41, 5.74) is 0.646. The molecule has 0 spiro atoms. The number of hydrogen-bond acceptors (Lipinski definition) is 7. The number of nitrogens with zero attached hydrogens (tertiary/aromatic N) is 4. The monoisotopic (exact) mass is 332 g/mol. The number of halogens is 1. The van der Waals surface area contributed by atoms with Crippen LogP contribution in [0.3, 0.4) is 0 Å². The molecule has 9 heteroatoms. The minimum Gasteiger partial charge on any atom is -0.485 e. The maximum Gasteiger partial charge on any atom is 0.269 e. The molecule has 0 atom stereocenters. The normalized spacial score (nSPS) is 10.5. The van der Waals surface area contributed by atoms with E-state index in [1.54, 1.807) is 12.1 Å². The van der Waals surface area contributed by atoms with Gasteiger partial charge in [0.1, 0.15) is 10.9 Å². The van der Waals surface area contributed by atoms with Gasteiger partial charge in [0.15, 0.2) is 6.61 Å². The number of nitro groups is 1. The fourth-order valence-electron chi connectivity index (χ4n) is 1.78. The van der Waals surface area contributed by atoms with E-state index in [1.165, 1.54) is 30.5 Å². The van der Waals surface area contributed by atoms with Crippen molar-refractivity contribution in [2.45, 2.75) is 6.61 Å². The van der Waals surface area contributed by atoms with Crippen molar-refractivity contribution in [1.82, 2.24) is 15.1 Å². The Morgan fingerprint density at radius 3 is 2.74 bits per heavy atom. The summed E-state index contributed by atoms with van der Waals surface area (Å²) in [7, 11) is 0. The molecular weight excluding hydrogens is 324 g/mol. The van der Waals surface area contributed by atoms with Crippen LogP contribution in [0.15, 0.2) is 47.1 Å². The average Bonchev–Trinajstić information content (AvgIpc) is 3.02. The predicted octanol–water partition coefficient (Wildman–Crippen LogP) is 3.27. The van der Waals surface area contributed by atoms with Crippen molar-refractivity contribution in [3.05, 3.63) is 63.7 Å². The van der Waals surface area contributed by atoms with Gasteiger partial charge in [-0.3, -0.25) is 10.1 Å².